The van der Waals surface area contributed by atoms with Gasteiger partial charge in [0.25, 0.3) is 0 Å². The van der Waals surface area contributed by atoms with Crippen LogP contribution in [-0.2, 0) is 11.5 Å². The largest absolute Gasteiger partial charge is 0.360 e. The van der Waals surface area contributed by atoms with Crippen molar-refractivity contribution in [3.05, 3.63) is 22.8 Å². The van der Waals surface area contributed by atoms with Gasteiger partial charge in [-0.2, -0.15) is 5.10 Å². The van der Waals surface area contributed by atoms with Crippen LogP contribution in [0.15, 0.2) is 27.7 Å². The molecule has 0 fully saturated rings. The first-order chi connectivity index (χ1) is 11.1. The molecule has 1 aromatic heterocycles. The average molecular weight is 430 g/mol. The molecule has 134 valence electrons. The molecule has 0 bridgehead atoms. The summed E-state index contributed by atoms with van der Waals surface area (Å²) < 4.78 is 8.88. The van der Waals surface area contributed by atoms with Gasteiger partial charge in [0.2, 0.25) is 0 Å². The van der Waals surface area contributed by atoms with E-state index in [2.05, 4.69) is 73.6 Å². The highest BCUT2D eigenvalue weighted by molar-refractivity contribution is 9.10. The van der Waals surface area contributed by atoms with Crippen LogP contribution in [0.25, 0.3) is 10.9 Å². The van der Waals surface area contributed by atoms with Crippen LogP contribution in [0.2, 0.25) is 25.7 Å². The summed E-state index contributed by atoms with van der Waals surface area (Å²) in [5, 5.41) is 5.67. The van der Waals surface area contributed by atoms with E-state index < -0.39 is 8.07 Å². The summed E-state index contributed by atoms with van der Waals surface area (Å²) in [6.45, 7) is 15.2. The van der Waals surface area contributed by atoms with E-state index >= 15 is 0 Å². The van der Waals surface area contributed by atoms with Gasteiger partial charge in [-0.3, -0.25) is 0 Å². The fourth-order valence-electron chi connectivity index (χ4n) is 2.17. The van der Waals surface area contributed by atoms with Crippen molar-refractivity contribution in [1.82, 2.24) is 9.78 Å². The topological polar surface area (TPSA) is 27.1 Å². The molecule has 1 aromatic carbocycles. The predicted octanol–water partition coefficient (Wildman–Crippen LogP) is 6.25. The summed E-state index contributed by atoms with van der Waals surface area (Å²) in [4.78, 5) is 1.28. The van der Waals surface area contributed by atoms with Gasteiger partial charge in [0.15, 0.2) is 0 Å². The molecular weight excluding hydrogens is 400 g/mol. The first-order valence-electron chi connectivity index (χ1n) is 8.41. The van der Waals surface area contributed by atoms with E-state index in [1.807, 2.05) is 22.6 Å². The number of halogens is 1. The standard InChI is InChI=1S/C18H29BrN2OSSi/c1-18(2,3)12-23-15-9-14-11-20-21(17(14)16(19)10-15)13-22-7-8-24(4,5)6/h9-11H,7-8,12-13H2,1-6H3. The zero-order valence-corrected chi connectivity index (χ0v) is 19.1. The summed E-state index contributed by atoms with van der Waals surface area (Å²) in [7, 11) is -1.04. The maximum absolute atomic E-state index is 5.85. The van der Waals surface area contributed by atoms with Gasteiger partial charge in [0.05, 0.1) is 11.7 Å². The molecule has 24 heavy (non-hydrogen) atoms. The SMILES string of the molecule is CC(C)(C)CSc1cc(Br)c2c(cnn2COCC[Si](C)(C)C)c1. The summed E-state index contributed by atoms with van der Waals surface area (Å²) >= 11 is 5.61. The van der Waals surface area contributed by atoms with E-state index in [1.165, 1.54) is 10.9 Å². The third-order valence-electron chi connectivity index (χ3n) is 3.54. The van der Waals surface area contributed by atoms with Crippen LogP contribution in [0.3, 0.4) is 0 Å². The summed E-state index contributed by atoms with van der Waals surface area (Å²) in [6.07, 6.45) is 1.93. The van der Waals surface area contributed by atoms with Crippen molar-refractivity contribution in [3.63, 3.8) is 0 Å². The fourth-order valence-corrected chi connectivity index (χ4v) is 4.76. The normalized spacial score (nSPS) is 13.0. The molecule has 0 saturated carbocycles. The molecule has 0 spiro atoms. The first kappa shape index (κ1) is 20.0. The molecule has 0 amide bonds. The van der Waals surface area contributed by atoms with E-state index in [-0.39, 0.29) is 0 Å². The molecule has 2 aromatic rings. The molecule has 0 aliphatic rings. The molecule has 0 saturated heterocycles. The Hall–Kier alpha value is -0.303. The molecule has 3 nitrogen and oxygen atoms in total. The Morgan fingerprint density at radius 2 is 1.96 bits per heavy atom. The molecule has 0 aliphatic carbocycles. The highest BCUT2D eigenvalue weighted by atomic mass is 79.9. The second-order valence-electron chi connectivity index (χ2n) is 8.68. The Balaban J connectivity index is 2.06. The Morgan fingerprint density at radius 1 is 1.25 bits per heavy atom. The smallest absolute Gasteiger partial charge is 0.140 e. The number of aromatic nitrogens is 2. The fraction of sp³-hybridized carbons (Fsp3) is 0.611. The van der Waals surface area contributed by atoms with Crippen molar-refractivity contribution in [1.29, 1.82) is 0 Å². The van der Waals surface area contributed by atoms with Crippen molar-refractivity contribution in [2.24, 2.45) is 5.41 Å². The van der Waals surface area contributed by atoms with Crippen LogP contribution < -0.4 is 0 Å². The van der Waals surface area contributed by atoms with Crippen molar-refractivity contribution < 1.29 is 4.74 Å². The molecule has 6 heteroatoms. The van der Waals surface area contributed by atoms with Crippen LogP contribution in [0, 0.1) is 5.41 Å². The van der Waals surface area contributed by atoms with E-state index in [4.69, 9.17) is 4.74 Å². The van der Waals surface area contributed by atoms with Gasteiger partial charge in [-0.15, -0.1) is 11.8 Å². The number of benzene rings is 1. The zero-order chi connectivity index (χ0) is 18.0. The minimum absolute atomic E-state index is 0.320. The molecule has 0 N–H and O–H groups in total. The maximum atomic E-state index is 5.85. The average Bonchev–Trinajstić information content (AvgIpc) is 2.83. The summed E-state index contributed by atoms with van der Waals surface area (Å²) in [6, 6.07) is 5.60. The third kappa shape index (κ3) is 6.21. The van der Waals surface area contributed by atoms with Gasteiger partial charge in [-0.25, -0.2) is 4.68 Å². The van der Waals surface area contributed by atoms with Crippen molar-refractivity contribution in [2.75, 3.05) is 12.4 Å². The van der Waals surface area contributed by atoms with Gasteiger partial charge in [-0.05, 0) is 39.5 Å². The number of thioether (sulfide) groups is 1. The highest BCUT2D eigenvalue weighted by Gasteiger charge is 2.14. The summed E-state index contributed by atoms with van der Waals surface area (Å²) in [5.41, 5.74) is 1.43. The Bertz CT molecular complexity index is 689. The van der Waals surface area contributed by atoms with Gasteiger partial charge in [-0.1, -0.05) is 40.4 Å². The van der Waals surface area contributed by atoms with Crippen LogP contribution in [0.4, 0.5) is 0 Å². The minimum Gasteiger partial charge on any atom is -0.360 e. The van der Waals surface area contributed by atoms with Crippen molar-refractivity contribution in [3.8, 4) is 0 Å². The van der Waals surface area contributed by atoms with Gasteiger partial charge >= 0.3 is 0 Å². The first-order valence-corrected chi connectivity index (χ1v) is 13.9. The molecule has 0 radical (unpaired) electrons. The number of fused-ring (bicyclic) bond motifs is 1. The molecule has 1 heterocycles. The number of ether oxygens (including phenoxy) is 1. The summed E-state index contributed by atoms with van der Waals surface area (Å²) in [5.74, 6) is 1.10. The lowest BCUT2D eigenvalue weighted by Gasteiger charge is -2.17. The molecule has 0 unspecified atom stereocenters. The van der Waals surface area contributed by atoms with Gasteiger partial charge < -0.3 is 4.74 Å². The molecule has 0 aliphatic heterocycles. The van der Waals surface area contributed by atoms with Crippen LogP contribution >= 0.6 is 27.7 Å². The van der Waals surface area contributed by atoms with E-state index in [1.54, 1.807) is 0 Å². The lowest BCUT2D eigenvalue weighted by Crippen LogP contribution is -2.22. The predicted molar refractivity (Wildman–Crippen MR) is 112 cm³/mol. The van der Waals surface area contributed by atoms with Crippen LogP contribution in [0.5, 0.6) is 0 Å². The van der Waals surface area contributed by atoms with Crippen LogP contribution in [0.1, 0.15) is 20.8 Å². The van der Waals surface area contributed by atoms with E-state index in [0.29, 0.717) is 12.1 Å². The Labute approximate surface area is 159 Å². The highest BCUT2D eigenvalue weighted by Crippen LogP contribution is 2.33. The van der Waals surface area contributed by atoms with Crippen molar-refractivity contribution in [2.45, 2.75) is 58.1 Å². The molecule has 2 rings (SSSR count). The second kappa shape index (κ2) is 7.93. The van der Waals surface area contributed by atoms with E-state index in [9.17, 15) is 0 Å². The number of hydrogen-bond acceptors (Lipinski definition) is 3. The van der Waals surface area contributed by atoms with Gasteiger partial charge in [0.1, 0.15) is 6.73 Å². The van der Waals surface area contributed by atoms with Crippen LogP contribution in [-0.4, -0.2) is 30.2 Å². The van der Waals surface area contributed by atoms with Crippen molar-refractivity contribution >= 4 is 46.7 Å². The lowest BCUT2D eigenvalue weighted by atomic mass is 10.0. The Kier molecular flexibility index (Phi) is 6.62. The van der Waals surface area contributed by atoms with Gasteiger partial charge in [0, 0.05) is 35.2 Å². The zero-order valence-electron chi connectivity index (χ0n) is 15.6. The third-order valence-corrected chi connectivity index (χ3v) is 7.43. The Morgan fingerprint density at radius 3 is 2.58 bits per heavy atom. The number of nitrogens with zero attached hydrogens (tertiary/aromatic N) is 2. The molecular formula is C18H29BrN2OSSi. The number of hydrogen-bond donors (Lipinski definition) is 0. The monoisotopic (exact) mass is 428 g/mol. The quantitative estimate of drug-likeness (QED) is 0.296. The molecule has 0 atom stereocenters. The number of rotatable bonds is 7. The lowest BCUT2D eigenvalue weighted by molar-refractivity contribution is 0.0816. The van der Waals surface area contributed by atoms with E-state index in [0.717, 1.165) is 27.7 Å². The maximum Gasteiger partial charge on any atom is 0.140 e. The second-order valence-corrected chi connectivity index (χ2v) is 16.2. The minimum atomic E-state index is -1.04.